The molecule has 110 valence electrons. The minimum atomic E-state index is 0.0553. The smallest absolute Gasteiger partial charge is 0.0704 e. The van der Waals surface area contributed by atoms with Gasteiger partial charge in [-0.25, -0.2) is 0 Å². The Morgan fingerprint density at radius 3 is 2.00 bits per heavy atom. The highest BCUT2D eigenvalue weighted by Crippen LogP contribution is 2.37. The Labute approximate surface area is 124 Å². The maximum absolute atomic E-state index is 4.94. The van der Waals surface area contributed by atoms with Gasteiger partial charge in [-0.15, -0.1) is 0 Å². The highest BCUT2D eigenvalue weighted by Gasteiger charge is 2.21. The lowest BCUT2D eigenvalue weighted by atomic mass is 9.82. The molecule has 0 spiro atoms. The fraction of sp³-hybridized carbons (Fsp3) is 0.526. The minimum Gasteiger partial charge on any atom is -0.257 e. The fourth-order valence-electron chi connectivity index (χ4n) is 2.15. The lowest BCUT2D eigenvalue weighted by molar-refractivity contribution is 0.568. The molecule has 0 amide bonds. The highest BCUT2D eigenvalue weighted by molar-refractivity contribution is 5.92. The quantitative estimate of drug-likeness (QED) is 0.574. The van der Waals surface area contributed by atoms with Crippen LogP contribution in [0.25, 0.3) is 5.57 Å². The van der Waals surface area contributed by atoms with Gasteiger partial charge in [0.1, 0.15) is 0 Å². The summed E-state index contributed by atoms with van der Waals surface area (Å²) in [5, 5.41) is 0. The number of para-hydroxylation sites is 1. The average molecular weight is 271 g/mol. The minimum absolute atomic E-state index is 0.0553. The fourth-order valence-corrected chi connectivity index (χ4v) is 2.15. The van der Waals surface area contributed by atoms with Gasteiger partial charge in [0, 0.05) is 16.7 Å². The number of benzene rings is 1. The predicted octanol–water partition coefficient (Wildman–Crippen LogP) is 6.27. The summed E-state index contributed by atoms with van der Waals surface area (Å²) in [6.45, 7) is 19.7. The molecule has 20 heavy (non-hydrogen) atoms. The Kier molecular flexibility index (Phi) is 4.96. The molecule has 1 heteroatoms. The molecule has 0 atom stereocenters. The van der Waals surface area contributed by atoms with Crippen molar-refractivity contribution in [3.05, 3.63) is 36.4 Å². The van der Waals surface area contributed by atoms with Crippen LogP contribution in [-0.2, 0) is 0 Å². The summed E-state index contributed by atoms with van der Waals surface area (Å²) < 4.78 is 0. The second kappa shape index (κ2) is 5.95. The van der Waals surface area contributed by atoms with Gasteiger partial charge in [0.15, 0.2) is 0 Å². The zero-order valence-electron chi connectivity index (χ0n) is 14.2. The van der Waals surface area contributed by atoms with Crippen LogP contribution in [0, 0.1) is 10.8 Å². The van der Waals surface area contributed by atoms with E-state index in [9.17, 15) is 0 Å². The summed E-state index contributed by atoms with van der Waals surface area (Å²) in [6, 6.07) is 8.33. The van der Waals surface area contributed by atoms with Crippen LogP contribution in [0.5, 0.6) is 0 Å². The van der Waals surface area contributed by atoms with Crippen LogP contribution in [0.1, 0.15) is 60.5 Å². The predicted molar refractivity (Wildman–Crippen MR) is 91.8 cm³/mol. The van der Waals surface area contributed by atoms with E-state index in [0.29, 0.717) is 0 Å². The van der Waals surface area contributed by atoms with E-state index in [1.807, 2.05) is 6.07 Å². The van der Waals surface area contributed by atoms with Crippen molar-refractivity contribution >= 4 is 17.0 Å². The number of rotatable bonds is 3. The van der Waals surface area contributed by atoms with Gasteiger partial charge in [0.05, 0.1) is 5.69 Å². The molecule has 0 saturated heterocycles. The van der Waals surface area contributed by atoms with Crippen molar-refractivity contribution in [1.82, 2.24) is 0 Å². The van der Waals surface area contributed by atoms with Crippen molar-refractivity contribution in [1.29, 1.82) is 0 Å². The van der Waals surface area contributed by atoms with Crippen LogP contribution in [0.2, 0.25) is 0 Å². The van der Waals surface area contributed by atoms with Gasteiger partial charge in [0.2, 0.25) is 0 Å². The summed E-state index contributed by atoms with van der Waals surface area (Å²) in [6.07, 6.45) is 0.972. The zero-order valence-corrected chi connectivity index (χ0v) is 14.2. The number of hydrogen-bond donors (Lipinski definition) is 0. The molecular formula is C19H29N. The second-order valence-corrected chi connectivity index (χ2v) is 7.41. The first kappa shape index (κ1) is 16.7. The van der Waals surface area contributed by atoms with Crippen molar-refractivity contribution in [3.63, 3.8) is 0 Å². The van der Waals surface area contributed by atoms with E-state index in [1.54, 1.807) is 0 Å². The third-order valence-electron chi connectivity index (χ3n) is 3.59. The maximum Gasteiger partial charge on any atom is 0.0704 e. The molecular weight excluding hydrogens is 242 g/mol. The molecule has 0 radical (unpaired) electrons. The molecule has 0 aromatic heterocycles. The van der Waals surface area contributed by atoms with Gasteiger partial charge in [-0.05, 0) is 23.5 Å². The van der Waals surface area contributed by atoms with Gasteiger partial charge in [-0.3, -0.25) is 4.99 Å². The largest absolute Gasteiger partial charge is 0.257 e. The van der Waals surface area contributed by atoms with Crippen molar-refractivity contribution in [2.45, 2.75) is 54.9 Å². The number of aliphatic imine (C=N–C) groups is 1. The molecule has 1 aromatic carbocycles. The third-order valence-corrected chi connectivity index (χ3v) is 3.59. The molecule has 1 aromatic rings. The molecule has 1 rings (SSSR count). The Morgan fingerprint density at radius 2 is 1.55 bits per heavy atom. The lowest BCUT2D eigenvalue weighted by Gasteiger charge is -2.25. The summed E-state index contributed by atoms with van der Waals surface area (Å²) in [4.78, 5) is 4.94. The molecule has 0 aliphatic heterocycles. The van der Waals surface area contributed by atoms with Crippen LogP contribution in [0.3, 0.4) is 0 Å². The van der Waals surface area contributed by atoms with E-state index < -0.39 is 0 Å². The summed E-state index contributed by atoms with van der Waals surface area (Å²) in [5.41, 5.74) is 4.73. The Bertz CT molecular complexity index is 507. The molecule has 0 aliphatic carbocycles. The molecule has 0 fully saturated rings. The molecule has 0 aliphatic rings. The maximum atomic E-state index is 4.94. The Hall–Kier alpha value is -1.37. The number of allylic oxidation sites excluding steroid dienone is 1. The van der Waals surface area contributed by atoms with E-state index in [0.717, 1.165) is 23.2 Å². The normalized spacial score (nSPS) is 13.4. The van der Waals surface area contributed by atoms with Crippen LogP contribution in [-0.4, -0.2) is 5.71 Å². The average Bonchev–Trinajstić information content (AvgIpc) is 2.33. The van der Waals surface area contributed by atoms with Gasteiger partial charge in [0.25, 0.3) is 0 Å². The standard InChI is InChI=1S/C19H29N/c1-9-17(19(6,7)8)20-16-13-11-10-12-15(16)14(2)18(3,4)5/h10-13H,2,9H2,1,3-8H3. The van der Waals surface area contributed by atoms with Crippen LogP contribution in [0.15, 0.2) is 35.8 Å². The molecule has 0 bridgehead atoms. The van der Waals surface area contributed by atoms with Crippen LogP contribution >= 0.6 is 0 Å². The molecule has 1 nitrogen and oxygen atoms in total. The molecule has 0 N–H and O–H groups in total. The number of nitrogens with zero attached hydrogens (tertiary/aromatic N) is 1. The lowest BCUT2D eigenvalue weighted by Crippen LogP contribution is -2.19. The molecule has 0 heterocycles. The molecule has 0 saturated carbocycles. The SMILES string of the molecule is C=C(c1ccccc1N=C(CC)C(C)(C)C)C(C)(C)C. The summed E-state index contributed by atoms with van der Waals surface area (Å²) in [7, 11) is 0. The summed E-state index contributed by atoms with van der Waals surface area (Å²) >= 11 is 0. The van der Waals surface area contributed by atoms with Gasteiger partial charge in [-0.2, -0.15) is 0 Å². The Balaban J connectivity index is 3.34. The first-order valence-corrected chi connectivity index (χ1v) is 7.44. The van der Waals surface area contributed by atoms with E-state index >= 15 is 0 Å². The van der Waals surface area contributed by atoms with E-state index in [-0.39, 0.29) is 10.8 Å². The van der Waals surface area contributed by atoms with Crippen molar-refractivity contribution in [2.24, 2.45) is 15.8 Å². The number of hydrogen-bond acceptors (Lipinski definition) is 1. The van der Waals surface area contributed by atoms with Crippen molar-refractivity contribution in [3.8, 4) is 0 Å². The highest BCUT2D eigenvalue weighted by atomic mass is 14.8. The first-order valence-electron chi connectivity index (χ1n) is 7.44. The third kappa shape index (κ3) is 4.06. The topological polar surface area (TPSA) is 12.4 Å². The first-order chi connectivity index (χ1) is 9.07. The van der Waals surface area contributed by atoms with Crippen LogP contribution in [0.4, 0.5) is 5.69 Å². The van der Waals surface area contributed by atoms with Crippen LogP contribution < -0.4 is 0 Å². The zero-order chi connectivity index (χ0) is 15.6. The van der Waals surface area contributed by atoms with Gasteiger partial charge < -0.3 is 0 Å². The van der Waals surface area contributed by atoms with Gasteiger partial charge >= 0.3 is 0 Å². The monoisotopic (exact) mass is 271 g/mol. The van der Waals surface area contributed by atoms with Crippen molar-refractivity contribution < 1.29 is 0 Å². The van der Waals surface area contributed by atoms with E-state index in [4.69, 9.17) is 4.99 Å². The van der Waals surface area contributed by atoms with E-state index in [2.05, 4.69) is 73.2 Å². The molecule has 0 unspecified atom stereocenters. The van der Waals surface area contributed by atoms with Crippen molar-refractivity contribution in [2.75, 3.05) is 0 Å². The second-order valence-electron chi connectivity index (χ2n) is 7.41. The Morgan fingerprint density at radius 1 is 1.00 bits per heavy atom. The summed E-state index contributed by atoms with van der Waals surface area (Å²) in [5.74, 6) is 0. The van der Waals surface area contributed by atoms with Gasteiger partial charge in [-0.1, -0.05) is 73.2 Å². The van der Waals surface area contributed by atoms with E-state index in [1.165, 1.54) is 5.71 Å².